The van der Waals surface area contributed by atoms with Crippen molar-refractivity contribution in [1.82, 2.24) is 5.32 Å². The number of benzene rings is 1. The van der Waals surface area contributed by atoms with E-state index < -0.39 is 0 Å². The topological polar surface area (TPSA) is 21.3 Å². The first-order valence-electron chi connectivity index (χ1n) is 6.59. The maximum atomic E-state index is 5.85. The molecule has 1 aliphatic rings. The van der Waals surface area contributed by atoms with Crippen LogP contribution in [-0.4, -0.2) is 6.04 Å². The number of halogens is 2. The summed E-state index contributed by atoms with van der Waals surface area (Å²) in [4.78, 5) is 1.21. The Bertz CT molecular complexity index is 595. The second-order valence-electron chi connectivity index (χ2n) is 4.91. The van der Waals surface area contributed by atoms with Gasteiger partial charge in [-0.25, -0.2) is 0 Å². The Balaban J connectivity index is 1.58. The number of nitrogens with one attached hydrogen (secondary N) is 1. The minimum absolute atomic E-state index is 0.606. The molecule has 0 bridgehead atoms. The Morgan fingerprint density at radius 1 is 1.20 bits per heavy atom. The van der Waals surface area contributed by atoms with E-state index in [1.807, 2.05) is 12.1 Å². The Kier molecular flexibility index (Phi) is 4.81. The number of rotatable bonds is 6. The van der Waals surface area contributed by atoms with Crippen LogP contribution in [0.2, 0.25) is 0 Å². The molecule has 1 aromatic carbocycles. The SMILES string of the molecule is Brc1ccc(COc2ccc(CNC3CC3)cc2Br)s1. The van der Waals surface area contributed by atoms with Crippen LogP contribution in [0.15, 0.2) is 38.6 Å². The molecule has 1 heterocycles. The highest BCUT2D eigenvalue weighted by Gasteiger charge is 2.20. The van der Waals surface area contributed by atoms with Crippen molar-refractivity contribution in [2.24, 2.45) is 0 Å². The molecule has 0 amide bonds. The van der Waals surface area contributed by atoms with E-state index in [9.17, 15) is 0 Å². The Morgan fingerprint density at radius 2 is 2.05 bits per heavy atom. The van der Waals surface area contributed by atoms with Crippen molar-refractivity contribution in [2.45, 2.75) is 32.0 Å². The summed E-state index contributed by atoms with van der Waals surface area (Å²) in [6.07, 6.45) is 2.64. The average Bonchev–Trinajstić information content (AvgIpc) is 3.17. The molecule has 1 aromatic heterocycles. The number of hydrogen-bond acceptors (Lipinski definition) is 3. The number of thiophene rings is 1. The highest BCUT2D eigenvalue weighted by atomic mass is 79.9. The third kappa shape index (κ3) is 4.07. The Morgan fingerprint density at radius 3 is 2.70 bits per heavy atom. The van der Waals surface area contributed by atoms with E-state index in [4.69, 9.17) is 4.74 Å². The lowest BCUT2D eigenvalue weighted by Crippen LogP contribution is -2.15. The zero-order valence-electron chi connectivity index (χ0n) is 10.9. The molecule has 0 radical (unpaired) electrons. The summed E-state index contributed by atoms with van der Waals surface area (Å²) >= 11 is 8.75. The van der Waals surface area contributed by atoms with Crippen molar-refractivity contribution in [2.75, 3.05) is 0 Å². The van der Waals surface area contributed by atoms with Crippen molar-refractivity contribution < 1.29 is 4.74 Å². The largest absolute Gasteiger partial charge is 0.487 e. The van der Waals surface area contributed by atoms with Gasteiger partial charge in [-0.05, 0) is 74.5 Å². The Labute approximate surface area is 139 Å². The smallest absolute Gasteiger partial charge is 0.134 e. The highest BCUT2D eigenvalue weighted by molar-refractivity contribution is 9.11. The van der Waals surface area contributed by atoms with E-state index in [1.165, 1.54) is 23.3 Å². The molecule has 0 aliphatic heterocycles. The van der Waals surface area contributed by atoms with Gasteiger partial charge in [-0.3, -0.25) is 0 Å². The molecular formula is C15H15Br2NOS. The van der Waals surface area contributed by atoms with Gasteiger partial charge in [-0.2, -0.15) is 0 Å². The second kappa shape index (κ2) is 6.60. The van der Waals surface area contributed by atoms with Crippen LogP contribution >= 0.6 is 43.2 Å². The van der Waals surface area contributed by atoms with E-state index in [0.29, 0.717) is 6.61 Å². The summed E-state index contributed by atoms with van der Waals surface area (Å²) < 4.78 is 8.00. The van der Waals surface area contributed by atoms with Crippen LogP contribution in [-0.2, 0) is 13.2 Å². The van der Waals surface area contributed by atoms with E-state index in [2.05, 4.69) is 55.4 Å². The van der Waals surface area contributed by atoms with Crippen molar-refractivity contribution in [1.29, 1.82) is 0 Å². The molecule has 0 saturated heterocycles. The van der Waals surface area contributed by atoms with Crippen LogP contribution in [0.4, 0.5) is 0 Å². The van der Waals surface area contributed by atoms with Crippen molar-refractivity contribution >= 4 is 43.2 Å². The van der Waals surface area contributed by atoms with Crippen molar-refractivity contribution in [3.8, 4) is 5.75 Å². The average molecular weight is 417 g/mol. The molecular weight excluding hydrogens is 402 g/mol. The van der Waals surface area contributed by atoms with Crippen LogP contribution in [0.5, 0.6) is 5.75 Å². The van der Waals surface area contributed by atoms with Crippen LogP contribution in [0.3, 0.4) is 0 Å². The molecule has 3 rings (SSSR count). The van der Waals surface area contributed by atoms with Gasteiger partial charge in [-0.1, -0.05) is 6.07 Å². The molecule has 2 nitrogen and oxygen atoms in total. The first-order chi connectivity index (χ1) is 9.70. The Hall–Kier alpha value is -0.360. The molecule has 1 saturated carbocycles. The molecule has 0 spiro atoms. The van der Waals surface area contributed by atoms with Gasteiger partial charge in [-0.15, -0.1) is 11.3 Å². The normalized spacial score (nSPS) is 14.5. The van der Waals surface area contributed by atoms with Gasteiger partial charge < -0.3 is 10.1 Å². The van der Waals surface area contributed by atoms with Gasteiger partial charge in [0.25, 0.3) is 0 Å². The van der Waals surface area contributed by atoms with Gasteiger partial charge in [0.1, 0.15) is 12.4 Å². The molecule has 20 heavy (non-hydrogen) atoms. The van der Waals surface area contributed by atoms with E-state index in [0.717, 1.165) is 26.6 Å². The fourth-order valence-electron chi connectivity index (χ4n) is 1.90. The molecule has 106 valence electrons. The monoisotopic (exact) mass is 415 g/mol. The third-order valence-electron chi connectivity index (χ3n) is 3.17. The van der Waals surface area contributed by atoms with Gasteiger partial charge in [0.2, 0.25) is 0 Å². The lowest BCUT2D eigenvalue weighted by Gasteiger charge is -2.09. The van der Waals surface area contributed by atoms with E-state index >= 15 is 0 Å². The van der Waals surface area contributed by atoms with E-state index in [1.54, 1.807) is 11.3 Å². The third-order valence-corrected chi connectivity index (χ3v) is 5.38. The predicted molar refractivity (Wildman–Crippen MR) is 90.4 cm³/mol. The lowest BCUT2D eigenvalue weighted by atomic mass is 10.2. The zero-order valence-corrected chi connectivity index (χ0v) is 14.9. The molecule has 5 heteroatoms. The quantitative estimate of drug-likeness (QED) is 0.706. The maximum absolute atomic E-state index is 5.85. The van der Waals surface area contributed by atoms with Crippen molar-refractivity contribution in [3.63, 3.8) is 0 Å². The van der Waals surface area contributed by atoms with Gasteiger partial charge in [0.05, 0.1) is 8.26 Å². The molecule has 0 atom stereocenters. The number of hydrogen-bond donors (Lipinski definition) is 1. The van der Waals surface area contributed by atoms with Crippen molar-refractivity contribution in [3.05, 3.63) is 49.0 Å². The zero-order chi connectivity index (χ0) is 13.9. The van der Waals surface area contributed by atoms with Gasteiger partial charge >= 0.3 is 0 Å². The van der Waals surface area contributed by atoms with Crippen LogP contribution in [0, 0.1) is 0 Å². The number of ether oxygens (including phenoxy) is 1. The molecule has 1 N–H and O–H groups in total. The van der Waals surface area contributed by atoms with Crippen LogP contribution in [0.25, 0.3) is 0 Å². The van der Waals surface area contributed by atoms with E-state index in [-0.39, 0.29) is 0 Å². The minimum Gasteiger partial charge on any atom is -0.487 e. The fraction of sp³-hybridized carbons (Fsp3) is 0.333. The summed E-state index contributed by atoms with van der Waals surface area (Å²) in [5.74, 6) is 0.893. The molecule has 1 fully saturated rings. The maximum Gasteiger partial charge on any atom is 0.134 e. The summed E-state index contributed by atoms with van der Waals surface area (Å²) in [6, 6.07) is 11.2. The summed E-state index contributed by atoms with van der Waals surface area (Å²) in [7, 11) is 0. The minimum atomic E-state index is 0.606. The summed E-state index contributed by atoms with van der Waals surface area (Å²) in [5.41, 5.74) is 1.29. The summed E-state index contributed by atoms with van der Waals surface area (Å²) in [5, 5.41) is 3.51. The second-order valence-corrected chi connectivity index (χ2v) is 8.32. The highest BCUT2D eigenvalue weighted by Crippen LogP contribution is 2.29. The first kappa shape index (κ1) is 14.6. The van der Waals surface area contributed by atoms with Gasteiger partial charge in [0.15, 0.2) is 0 Å². The van der Waals surface area contributed by atoms with Gasteiger partial charge in [0, 0.05) is 17.5 Å². The molecule has 0 unspecified atom stereocenters. The molecule has 2 aromatic rings. The van der Waals surface area contributed by atoms with Crippen LogP contribution < -0.4 is 10.1 Å². The summed E-state index contributed by atoms with van der Waals surface area (Å²) in [6.45, 7) is 1.54. The first-order valence-corrected chi connectivity index (χ1v) is 9.00. The standard InChI is InChI=1S/C15H15Br2NOS/c16-13-7-10(8-18-11-2-3-11)1-5-14(13)19-9-12-4-6-15(17)20-12/h1,4-7,11,18H,2-3,8-9H2. The predicted octanol–water partition coefficient (Wildman–Crippen LogP) is 5.10. The van der Waals surface area contributed by atoms with Crippen LogP contribution in [0.1, 0.15) is 23.3 Å². The fourth-order valence-corrected chi connectivity index (χ4v) is 3.84. The molecule has 1 aliphatic carbocycles. The lowest BCUT2D eigenvalue weighted by molar-refractivity contribution is 0.307.